The zero-order valence-corrected chi connectivity index (χ0v) is 11.0. The first-order valence-electron chi connectivity index (χ1n) is 6.14. The summed E-state index contributed by atoms with van der Waals surface area (Å²) in [7, 11) is 0. The van der Waals surface area contributed by atoms with Crippen molar-refractivity contribution in [1.82, 2.24) is 10.1 Å². The first kappa shape index (κ1) is 12.1. The average molecular weight is 236 g/mol. The van der Waals surface area contributed by atoms with E-state index in [2.05, 4.69) is 5.16 Å². The summed E-state index contributed by atoms with van der Waals surface area (Å²) in [4.78, 5) is 14.3. The van der Waals surface area contributed by atoms with E-state index in [-0.39, 0.29) is 17.4 Å². The van der Waals surface area contributed by atoms with Gasteiger partial charge in [0.05, 0.1) is 11.7 Å². The van der Waals surface area contributed by atoms with E-state index in [0.717, 1.165) is 30.8 Å². The van der Waals surface area contributed by atoms with Crippen molar-refractivity contribution in [2.45, 2.75) is 46.6 Å². The molecule has 4 heteroatoms. The largest absolute Gasteiger partial charge is 0.359 e. The Morgan fingerprint density at radius 3 is 2.76 bits per heavy atom. The third-order valence-electron chi connectivity index (χ3n) is 3.13. The molecule has 1 aliphatic heterocycles. The van der Waals surface area contributed by atoms with Crippen molar-refractivity contribution in [1.29, 1.82) is 0 Å². The zero-order valence-electron chi connectivity index (χ0n) is 11.0. The molecule has 1 aliphatic rings. The summed E-state index contributed by atoms with van der Waals surface area (Å²) >= 11 is 0. The summed E-state index contributed by atoms with van der Waals surface area (Å²) in [6.45, 7) is 8.58. The van der Waals surface area contributed by atoms with Crippen LogP contribution in [-0.2, 0) is 4.79 Å². The van der Waals surface area contributed by atoms with Gasteiger partial charge in [-0.05, 0) is 19.8 Å². The van der Waals surface area contributed by atoms with Gasteiger partial charge >= 0.3 is 0 Å². The van der Waals surface area contributed by atoms with Gasteiger partial charge < -0.3 is 9.42 Å². The van der Waals surface area contributed by atoms with Gasteiger partial charge in [-0.3, -0.25) is 4.79 Å². The van der Waals surface area contributed by atoms with Crippen LogP contribution in [0.4, 0.5) is 0 Å². The van der Waals surface area contributed by atoms with Crippen LogP contribution in [0, 0.1) is 12.3 Å². The lowest BCUT2D eigenvalue weighted by Crippen LogP contribution is -2.38. The molecule has 1 amide bonds. The normalized spacial score (nSPS) is 20.9. The highest BCUT2D eigenvalue weighted by atomic mass is 16.5. The number of amides is 1. The molecule has 2 heterocycles. The number of aromatic nitrogens is 1. The molecule has 1 fully saturated rings. The second-order valence-corrected chi connectivity index (χ2v) is 5.78. The highest BCUT2D eigenvalue weighted by Gasteiger charge is 2.37. The fraction of sp³-hybridized carbons (Fsp3) is 0.692. The highest BCUT2D eigenvalue weighted by Crippen LogP contribution is 2.35. The van der Waals surface area contributed by atoms with Crippen molar-refractivity contribution in [2.75, 3.05) is 6.54 Å². The van der Waals surface area contributed by atoms with E-state index in [9.17, 15) is 4.79 Å². The SMILES string of the molecule is Cc1cc(C2CCCN2C(=O)C(C)(C)C)on1. The molecule has 0 aromatic carbocycles. The van der Waals surface area contributed by atoms with Crippen molar-refractivity contribution in [3.8, 4) is 0 Å². The molecule has 0 N–H and O–H groups in total. The molecule has 0 spiro atoms. The molecule has 1 aromatic heterocycles. The molecule has 0 radical (unpaired) electrons. The minimum absolute atomic E-state index is 0.0722. The predicted octanol–water partition coefficient (Wildman–Crippen LogP) is 2.69. The Labute approximate surface area is 102 Å². The second-order valence-electron chi connectivity index (χ2n) is 5.78. The second kappa shape index (κ2) is 4.17. The number of carbonyl (C=O) groups is 1. The van der Waals surface area contributed by atoms with Crippen LogP contribution in [0.2, 0.25) is 0 Å². The lowest BCUT2D eigenvalue weighted by Gasteiger charge is -2.29. The van der Waals surface area contributed by atoms with E-state index in [1.807, 2.05) is 38.7 Å². The smallest absolute Gasteiger partial charge is 0.228 e. The summed E-state index contributed by atoms with van der Waals surface area (Å²) in [5, 5.41) is 3.90. The van der Waals surface area contributed by atoms with Crippen LogP contribution in [-0.4, -0.2) is 22.5 Å². The fourth-order valence-electron chi connectivity index (χ4n) is 2.28. The van der Waals surface area contributed by atoms with Crippen LogP contribution in [0.15, 0.2) is 10.6 Å². The van der Waals surface area contributed by atoms with Crippen molar-refractivity contribution in [3.05, 3.63) is 17.5 Å². The minimum atomic E-state index is -0.336. The van der Waals surface area contributed by atoms with Crippen LogP contribution in [0.1, 0.15) is 51.1 Å². The molecule has 2 rings (SSSR count). The molecule has 0 aliphatic carbocycles. The van der Waals surface area contributed by atoms with E-state index in [0.29, 0.717) is 0 Å². The van der Waals surface area contributed by atoms with Gasteiger partial charge in [0, 0.05) is 18.0 Å². The number of hydrogen-bond donors (Lipinski definition) is 0. The van der Waals surface area contributed by atoms with Gasteiger partial charge in [0.1, 0.15) is 0 Å². The maximum absolute atomic E-state index is 12.3. The Balaban J connectivity index is 2.21. The number of nitrogens with zero attached hydrogens (tertiary/aromatic N) is 2. The van der Waals surface area contributed by atoms with Gasteiger partial charge in [0.15, 0.2) is 5.76 Å². The molecule has 0 saturated carbocycles. The minimum Gasteiger partial charge on any atom is -0.359 e. The Bertz CT molecular complexity index is 417. The summed E-state index contributed by atoms with van der Waals surface area (Å²) in [5.41, 5.74) is 0.535. The lowest BCUT2D eigenvalue weighted by atomic mass is 9.94. The van der Waals surface area contributed by atoms with Crippen molar-refractivity contribution in [2.24, 2.45) is 5.41 Å². The van der Waals surface area contributed by atoms with Crippen LogP contribution >= 0.6 is 0 Å². The number of aryl methyl sites for hydroxylation is 1. The monoisotopic (exact) mass is 236 g/mol. The topological polar surface area (TPSA) is 46.3 Å². The van der Waals surface area contributed by atoms with E-state index >= 15 is 0 Å². The number of likely N-dealkylation sites (tertiary alicyclic amines) is 1. The summed E-state index contributed by atoms with van der Waals surface area (Å²) in [5.74, 6) is 1.01. The molecule has 1 unspecified atom stereocenters. The van der Waals surface area contributed by atoms with Gasteiger partial charge in [0.25, 0.3) is 0 Å². The maximum atomic E-state index is 12.3. The molecule has 17 heavy (non-hydrogen) atoms. The van der Waals surface area contributed by atoms with Crippen molar-refractivity contribution >= 4 is 5.91 Å². The summed E-state index contributed by atoms with van der Waals surface area (Å²) in [6, 6.07) is 2.00. The van der Waals surface area contributed by atoms with Crippen molar-refractivity contribution in [3.63, 3.8) is 0 Å². The molecule has 0 bridgehead atoms. The molecule has 4 nitrogen and oxygen atoms in total. The van der Waals surface area contributed by atoms with Gasteiger partial charge in [0.2, 0.25) is 5.91 Å². The van der Waals surface area contributed by atoms with Crippen LogP contribution in [0.3, 0.4) is 0 Å². The third-order valence-corrected chi connectivity index (χ3v) is 3.13. The number of carbonyl (C=O) groups excluding carboxylic acids is 1. The van der Waals surface area contributed by atoms with Crippen LogP contribution in [0.5, 0.6) is 0 Å². The molecular weight excluding hydrogens is 216 g/mol. The van der Waals surface area contributed by atoms with Gasteiger partial charge in [-0.25, -0.2) is 0 Å². The quantitative estimate of drug-likeness (QED) is 0.753. The summed E-state index contributed by atoms with van der Waals surface area (Å²) < 4.78 is 5.30. The van der Waals surface area contributed by atoms with E-state index in [1.165, 1.54) is 0 Å². The number of hydrogen-bond acceptors (Lipinski definition) is 3. The number of rotatable bonds is 1. The van der Waals surface area contributed by atoms with E-state index in [4.69, 9.17) is 4.52 Å². The van der Waals surface area contributed by atoms with Crippen molar-refractivity contribution < 1.29 is 9.32 Å². The molecule has 94 valence electrons. The fourth-order valence-corrected chi connectivity index (χ4v) is 2.28. The molecule has 1 aromatic rings. The standard InChI is InChI=1S/C13H20N2O2/c1-9-8-11(17-14-9)10-6-5-7-15(10)12(16)13(2,3)4/h8,10H,5-7H2,1-4H3. The predicted molar refractivity (Wildman–Crippen MR) is 64.4 cm³/mol. The zero-order chi connectivity index (χ0) is 12.6. The van der Waals surface area contributed by atoms with E-state index in [1.54, 1.807) is 0 Å². The van der Waals surface area contributed by atoms with Gasteiger partial charge in [-0.2, -0.15) is 0 Å². The Kier molecular flexibility index (Phi) is 2.98. The Morgan fingerprint density at radius 2 is 2.24 bits per heavy atom. The van der Waals surface area contributed by atoms with Gasteiger partial charge in [-0.15, -0.1) is 0 Å². The average Bonchev–Trinajstić information content (AvgIpc) is 2.82. The van der Waals surface area contributed by atoms with Crippen LogP contribution < -0.4 is 0 Å². The van der Waals surface area contributed by atoms with Gasteiger partial charge in [-0.1, -0.05) is 25.9 Å². The Hall–Kier alpha value is -1.32. The molecular formula is C13H20N2O2. The van der Waals surface area contributed by atoms with Crippen LogP contribution in [0.25, 0.3) is 0 Å². The highest BCUT2D eigenvalue weighted by molar-refractivity contribution is 5.82. The summed E-state index contributed by atoms with van der Waals surface area (Å²) in [6.07, 6.45) is 2.00. The first-order chi connectivity index (χ1) is 7.89. The van der Waals surface area contributed by atoms with E-state index < -0.39 is 0 Å². The Morgan fingerprint density at radius 1 is 1.53 bits per heavy atom. The third kappa shape index (κ3) is 2.35. The first-order valence-corrected chi connectivity index (χ1v) is 6.14. The lowest BCUT2D eigenvalue weighted by molar-refractivity contribution is -0.140. The molecule has 1 atom stereocenters. The maximum Gasteiger partial charge on any atom is 0.228 e. The molecule has 1 saturated heterocycles.